The van der Waals surface area contributed by atoms with Gasteiger partial charge in [-0.15, -0.1) is 0 Å². The maximum absolute atomic E-state index is 5.15. The molecule has 2 aliphatic rings. The predicted octanol–water partition coefficient (Wildman–Crippen LogP) is 14.6. The monoisotopic (exact) mass is 830 g/mol. The lowest BCUT2D eigenvalue weighted by Gasteiger charge is -2.46. The van der Waals surface area contributed by atoms with Crippen molar-refractivity contribution in [1.29, 1.82) is 0 Å². The first-order valence-electron chi connectivity index (χ1n) is 22.4. The fourth-order valence-corrected chi connectivity index (χ4v) is 11.2. The van der Waals surface area contributed by atoms with E-state index in [2.05, 4.69) is 219 Å². The molecular formula is C61H42N4. The van der Waals surface area contributed by atoms with Crippen molar-refractivity contribution in [3.63, 3.8) is 0 Å². The standard InChI is InChI=1S/C61H42N4/c1-60(2)50-22-10-12-24-52(50)61(53-25-13-11-23-51(53)60)49-21-9-6-18-45(49)46-37-34-43(38-54(46)61)39-28-30-41(31-29-39)58-62-57(40-16-4-3-5-17-40)63-59(64-58)42-32-35-44(36-33-42)65-55-26-14-7-19-47(55)48-20-8-15-27-56(48)65/h3-38H,1-2H3. The van der Waals surface area contributed by atoms with Crippen LogP contribution in [-0.4, -0.2) is 19.5 Å². The van der Waals surface area contributed by atoms with Gasteiger partial charge in [0.25, 0.3) is 0 Å². The summed E-state index contributed by atoms with van der Waals surface area (Å²) in [6.07, 6.45) is 0. The van der Waals surface area contributed by atoms with Crippen LogP contribution in [0.3, 0.4) is 0 Å². The lowest BCUT2D eigenvalue weighted by molar-refractivity contribution is 0.563. The molecule has 4 nitrogen and oxygen atoms in total. The van der Waals surface area contributed by atoms with Gasteiger partial charge in [0.05, 0.1) is 16.4 Å². The fraction of sp³-hybridized carbons (Fsp3) is 0.0656. The van der Waals surface area contributed by atoms with Gasteiger partial charge in [0, 0.05) is 38.6 Å². The minimum atomic E-state index is -0.443. The number of hydrogen-bond acceptors (Lipinski definition) is 3. The van der Waals surface area contributed by atoms with Crippen molar-refractivity contribution in [3.05, 3.63) is 252 Å². The molecule has 306 valence electrons. The number of benzene rings is 9. The molecule has 13 rings (SSSR count). The van der Waals surface area contributed by atoms with E-state index in [1.165, 1.54) is 71.9 Å². The molecule has 0 N–H and O–H groups in total. The van der Waals surface area contributed by atoms with E-state index in [-0.39, 0.29) is 5.41 Å². The molecule has 0 radical (unpaired) electrons. The molecule has 1 spiro atoms. The van der Waals surface area contributed by atoms with Crippen LogP contribution >= 0.6 is 0 Å². The van der Waals surface area contributed by atoms with Crippen molar-refractivity contribution in [3.8, 4) is 62.1 Å². The second-order valence-electron chi connectivity index (χ2n) is 17.9. The molecule has 11 aromatic rings. The summed E-state index contributed by atoms with van der Waals surface area (Å²) in [5.74, 6) is 1.90. The number of para-hydroxylation sites is 2. The molecule has 65 heavy (non-hydrogen) atoms. The van der Waals surface area contributed by atoms with Crippen LogP contribution in [0, 0.1) is 0 Å². The molecule has 2 aliphatic carbocycles. The summed E-state index contributed by atoms with van der Waals surface area (Å²) in [7, 11) is 0. The number of aromatic nitrogens is 4. The molecule has 0 atom stereocenters. The summed E-state index contributed by atoms with van der Waals surface area (Å²) >= 11 is 0. The van der Waals surface area contributed by atoms with E-state index in [4.69, 9.17) is 15.0 Å². The first-order chi connectivity index (χ1) is 32.0. The summed E-state index contributed by atoms with van der Waals surface area (Å²) in [5, 5.41) is 2.48. The average molecular weight is 831 g/mol. The molecule has 0 saturated heterocycles. The smallest absolute Gasteiger partial charge is 0.164 e. The quantitative estimate of drug-likeness (QED) is 0.174. The molecule has 0 saturated carbocycles. The summed E-state index contributed by atoms with van der Waals surface area (Å²) in [6.45, 7) is 4.75. The normalized spacial score (nSPS) is 13.9. The number of rotatable bonds is 5. The predicted molar refractivity (Wildman–Crippen MR) is 265 cm³/mol. The van der Waals surface area contributed by atoms with Crippen LogP contribution in [0.15, 0.2) is 218 Å². The average Bonchev–Trinajstić information content (AvgIpc) is 3.87. The molecule has 0 fully saturated rings. The van der Waals surface area contributed by atoms with Gasteiger partial charge >= 0.3 is 0 Å². The molecule has 9 aromatic carbocycles. The molecule has 0 aliphatic heterocycles. The Morgan fingerprint density at radius 1 is 0.323 bits per heavy atom. The Bertz CT molecular complexity index is 3570. The Hall–Kier alpha value is -8.21. The van der Waals surface area contributed by atoms with Crippen LogP contribution in [0.1, 0.15) is 47.2 Å². The van der Waals surface area contributed by atoms with Gasteiger partial charge in [0.2, 0.25) is 0 Å². The third-order valence-corrected chi connectivity index (χ3v) is 14.2. The number of hydrogen-bond donors (Lipinski definition) is 0. The molecule has 4 heteroatoms. The molecular weight excluding hydrogens is 789 g/mol. The topological polar surface area (TPSA) is 43.6 Å². The molecule has 2 aromatic heterocycles. The van der Waals surface area contributed by atoms with Crippen molar-refractivity contribution < 1.29 is 0 Å². The maximum Gasteiger partial charge on any atom is 0.164 e. The Morgan fingerprint density at radius 2 is 0.738 bits per heavy atom. The Labute approximate surface area is 378 Å². The van der Waals surface area contributed by atoms with Gasteiger partial charge < -0.3 is 4.57 Å². The van der Waals surface area contributed by atoms with Crippen molar-refractivity contribution in [2.75, 3.05) is 0 Å². The van der Waals surface area contributed by atoms with E-state index in [1.54, 1.807) is 0 Å². The second-order valence-corrected chi connectivity index (χ2v) is 17.9. The van der Waals surface area contributed by atoms with E-state index in [0.717, 1.165) is 27.9 Å². The van der Waals surface area contributed by atoms with E-state index in [0.29, 0.717) is 17.5 Å². The first kappa shape index (κ1) is 37.4. The van der Waals surface area contributed by atoms with Crippen LogP contribution in [0.4, 0.5) is 0 Å². The Kier molecular flexibility index (Phi) is 8.13. The highest BCUT2D eigenvalue weighted by molar-refractivity contribution is 6.09. The zero-order valence-corrected chi connectivity index (χ0v) is 36.1. The highest BCUT2D eigenvalue weighted by Gasteiger charge is 2.53. The molecule has 0 amide bonds. The lowest BCUT2D eigenvalue weighted by Crippen LogP contribution is -2.40. The highest BCUT2D eigenvalue weighted by atomic mass is 15.0. The third-order valence-electron chi connectivity index (χ3n) is 14.2. The van der Waals surface area contributed by atoms with Gasteiger partial charge in [-0.05, 0) is 98.1 Å². The number of nitrogens with zero attached hydrogens (tertiary/aromatic N) is 4. The molecule has 0 bridgehead atoms. The Balaban J connectivity index is 0.908. The van der Waals surface area contributed by atoms with Crippen molar-refractivity contribution >= 4 is 21.8 Å². The summed E-state index contributed by atoms with van der Waals surface area (Å²) in [6, 6.07) is 79.0. The molecule has 0 unspecified atom stereocenters. The lowest BCUT2D eigenvalue weighted by atomic mass is 9.55. The van der Waals surface area contributed by atoms with Crippen LogP contribution in [0.25, 0.3) is 83.9 Å². The SMILES string of the molecule is CC1(C)c2ccccc2C2(c3ccccc3-c3ccc(-c4ccc(-c5nc(-c6ccccc6)nc(-c6ccc(-n7c8ccccc8c8ccccc87)cc6)n5)cc4)cc32)c2ccccc21. The van der Waals surface area contributed by atoms with E-state index in [9.17, 15) is 0 Å². The summed E-state index contributed by atoms with van der Waals surface area (Å²) < 4.78 is 2.33. The van der Waals surface area contributed by atoms with Gasteiger partial charge in [-0.1, -0.05) is 190 Å². The van der Waals surface area contributed by atoms with Crippen LogP contribution in [0.5, 0.6) is 0 Å². The zero-order chi connectivity index (χ0) is 43.3. The first-order valence-corrected chi connectivity index (χ1v) is 22.4. The number of fused-ring (bicyclic) bond motifs is 12. The maximum atomic E-state index is 5.15. The van der Waals surface area contributed by atoms with Gasteiger partial charge in [-0.3, -0.25) is 0 Å². The van der Waals surface area contributed by atoms with Gasteiger partial charge in [-0.2, -0.15) is 0 Å². The van der Waals surface area contributed by atoms with E-state index < -0.39 is 5.41 Å². The van der Waals surface area contributed by atoms with Crippen molar-refractivity contribution in [2.24, 2.45) is 0 Å². The van der Waals surface area contributed by atoms with Crippen LogP contribution in [-0.2, 0) is 10.8 Å². The largest absolute Gasteiger partial charge is 0.309 e. The van der Waals surface area contributed by atoms with Crippen LogP contribution in [0.2, 0.25) is 0 Å². The Morgan fingerprint density at radius 3 is 1.32 bits per heavy atom. The van der Waals surface area contributed by atoms with Gasteiger partial charge in [-0.25, -0.2) is 15.0 Å². The van der Waals surface area contributed by atoms with E-state index >= 15 is 0 Å². The third kappa shape index (κ3) is 5.47. The zero-order valence-electron chi connectivity index (χ0n) is 36.1. The van der Waals surface area contributed by atoms with Crippen molar-refractivity contribution in [2.45, 2.75) is 24.7 Å². The van der Waals surface area contributed by atoms with E-state index in [1.807, 2.05) is 18.2 Å². The summed E-state index contributed by atoms with van der Waals surface area (Å²) in [4.78, 5) is 15.3. The fourth-order valence-electron chi connectivity index (χ4n) is 11.2. The van der Waals surface area contributed by atoms with Gasteiger partial charge in [0.15, 0.2) is 17.5 Å². The minimum absolute atomic E-state index is 0.143. The van der Waals surface area contributed by atoms with Crippen molar-refractivity contribution in [1.82, 2.24) is 19.5 Å². The summed E-state index contributed by atoms with van der Waals surface area (Å²) in [5.41, 5.74) is 18.7. The molecule has 2 heterocycles. The van der Waals surface area contributed by atoms with Crippen LogP contribution < -0.4 is 0 Å². The van der Waals surface area contributed by atoms with Gasteiger partial charge in [0.1, 0.15) is 0 Å². The second kappa shape index (κ2) is 14.2. The minimum Gasteiger partial charge on any atom is -0.309 e. The highest BCUT2D eigenvalue weighted by Crippen LogP contribution is 2.62.